The number of hydrogen-bond acceptors (Lipinski definition) is 3. The van der Waals surface area contributed by atoms with Crippen molar-refractivity contribution in [3.63, 3.8) is 0 Å². The molecule has 4 rings (SSSR count). The minimum Gasteiger partial charge on any atom is -0.465 e. The normalized spacial score (nSPS) is 24.5. The predicted molar refractivity (Wildman–Crippen MR) is 82.0 cm³/mol. The number of alkyl halides is 3. The maximum atomic E-state index is 12.8. The Morgan fingerprint density at radius 3 is 2.46 bits per heavy atom. The highest BCUT2D eigenvalue weighted by molar-refractivity contribution is 5.83. The first-order valence-electron chi connectivity index (χ1n) is 8.59. The number of fused-ring (bicyclic) bond motifs is 1. The molecule has 2 aliphatic heterocycles. The Morgan fingerprint density at radius 1 is 1.15 bits per heavy atom. The van der Waals surface area contributed by atoms with Crippen molar-refractivity contribution in [3.05, 3.63) is 17.7 Å². The largest absolute Gasteiger partial charge is 0.465 e. The van der Waals surface area contributed by atoms with Crippen LogP contribution in [0.4, 0.5) is 18.0 Å². The van der Waals surface area contributed by atoms with Gasteiger partial charge in [-0.3, -0.25) is 4.79 Å². The van der Waals surface area contributed by atoms with Crippen LogP contribution < -0.4 is 0 Å². The third-order valence-corrected chi connectivity index (χ3v) is 5.92. The molecule has 0 unspecified atom stereocenters. The molecular formula is C16H19F3N4O3. The standard InChI is InChI=1S/C16H19F3N4O3/c17-16(18,19)11-8-22-5-6-23(9-12(22)20-11)13(24)10-7-15(10)1-3-21(4-2-15)14(25)26/h8,10H,1-7,9H2,(H,25,26)/t10-/m1/s1. The minimum atomic E-state index is -4.49. The summed E-state index contributed by atoms with van der Waals surface area (Å²) in [6.07, 6.45) is -2.37. The van der Waals surface area contributed by atoms with Crippen LogP contribution in [0.15, 0.2) is 6.20 Å². The van der Waals surface area contributed by atoms with E-state index in [1.54, 1.807) is 4.90 Å². The molecule has 1 N–H and O–H groups in total. The van der Waals surface area contributed by atoms with Gasteiger partial charge in [-0.1, -0.05) is 0 Å². The zero-order valence-electron chi connectivity index (χ0n) is 14.0. The molecular weight excluding hydrogens is 353 g/mol. The van der Waals surface area contributed by atoms with Gasteiger partial charge in [0.1, 0.15) is 5.82 Å². The number of halogens is 3. The molecule has 1 saturated heterocycles. The molecule has 0 radical (unpaired) electrons. The quantitative estimate of drug-likeness (QED) is 0.818. The number of rotatable bonds is 1. The number of nitrogens with zero attached hydrogens (tertiary/aromatic N) is 4. The molecule has 3 heterocycles. The average molecular weight is 372 g/mol. The van der Waals surface area contributed by atoms with E-state index in [-0.39, 0.29) is 29.6 Å². The molecule has 1 spiro atoms. The topological polar surface area (TPSA) is 78.7 Å². The molecule has 7 nitrogen and oxygen atoms in total. The van der Waals surface area contributed by atoms with Gasteiger partial charge in [0.05, 0.1) is 6.54 Å². The van der Waals surface area contributed by atoms with Crippen molar-refractivity contribution in [1.29, 1.82) is 0 Å². The summed E-state index contributed by atoms with van der Waals surface area (Å²) in [5, 5.41) is 9.02. The van der Waals surface area contributed by atoms with Crippen LogP contribution in [-0.4, -0.2) is 56.1 Å². The molecule has 1 atom stereocenters. The van der Waals surface area contributed by atoms with Gasteiger partial charge in [-0.25, -0.2) is 9.78 Å². The van der Waals surface area contributed by atoms with Crippen molar-refractivity contribution < 1.29 is 27.9 Å². The molecule has 1 saturated carbocycles. The Bertz CT molecular complexity index is 752. The SMILES string of the molecule is O=C(O)N1CCC2(CC1)C[C@@H]2C(=O)N1CCn2cc(C(F)(F)F)nc2C1. The lowest BCUT2D eigenvalue weighted by atomic mass is 9.90. The number of aromatic nitrogens is 2. The molecule has 26 heavy (non-hydrogen) atoms. The van der Waals surface area contributed by atoms with Gasteiger partial charge in [0.15, 0.2) is 5.69 Å². The summed E-state index contributed by atoms with van der Waals surface area (Å²) >= 11 is 0. The number of imidazole rings is 1. The first-order valence-corrected chi connectivity index (χ1v) is 8.59. The molecule has 1 aromatic rings. The van der Waals surface area contributed by atoms with E-state index in [1.807, 2.05) is 0 Å². The van der Waals surface area contributed by atoms with E-state index in [4.69, 9.17) is 5.11 Å². The van der Waals surface area contributed by atoms with Gasteiger partial charge in [-0.2, -0.15) is 13.2 Å². The Balaban J connectivity index is 1.40. The van der Waals surface area contributed by atoms with Gasteiger partial charge in [-0.05, 0) is 24.7 Å². The van der Waals surface area contributed by atoms with Crippen LogP contribution >= 0.6 is 0 Å². The molecule has 142 valence electrons. The van der Waals surface area contributed by atoms with Crippen LogP contribution in [0.1, 0.15) is 30.8 Å². The Kier molecular flexibility index (Phi) is 3.71. The highest BCUT2D eigenvalue weighted by Crippen LogP contribution is 2.60. The number of carbonyl (C=O) groups excluding carboxylic acids is 1. The summed E-state index contributed by atoms with van der Waals surface area (Å²) < 4.78 is 39.8. The third kappa shape index (κ3) is 2.80. The first-order chi connectivity index (χ1) is 12.2. The molecule has 2 fully saturated rings. The lowest BCUT2D eigenvalue weighted by Gasteiger charge is -2.32. The second-order valence-corrected chi connectivity index (χ2v) is 7.38. The van der Waals surface area contributed by atoms with Gasteiger partial charge in [0.2, 0.25) is 5.91 Å². The molecule has 1 aliphatic carbocycles. The Morgan fingerprint density at radius 2 is 1.85 bits per heavy atom. The zero-order chi connectivity index (χ0) is 18.7. The minimum absolute atomic E-state index is 0.0448. The van der Waals surface area contributed by atoms with Crippen LogP contribution in [0.3, 0.4) is 0 Å². The van der Waals surface area contributed by atoms with Crippen LogP contribution in [0.25, 0.3) is 0 Å². The van der Waals surface area contributed by atoms with E-state index in [9.17, 15) is 22.8 Å². The molecule has 10 heteroatoms. The van der Waals surface area contributed by atoms with Crippen molar-refractivity contribution in [2.45, 2.75) is 38.5 Å². The van der Waals surface area contributed by atoms with Gasteiger partial charge in [0, 0.05) is 38.3 Å². The summed E-state index contributed by atoms with van der Waals surface area (Å²) in [4.78, 5) is 30.4. The molecule has 1 aromatic heterocycles. The van der Waals surface area contributed by atoms with Gasteiger partial charge >= 0.3 is 12.3 Å². The average Bonchev–Trinajstić information content (AvgIpc) is 3.09. The summed E-state index contributed by atoms with van der Waals surface area (Å²) in [7, 11) is 0. The highest BCUT2D eigenvalue weighted by Gasteiger charge is 2.59. The lowest BCUT2D eigenvalue weighted by Crippen LogP contribution is -2.42. The van der Waals surface area contributed by atoms with E-state index in [1.165, 1.54) is 9.47 Å². The Hall–Kier alpha value is -2.26. The monoisotopic (exact) mass is 372 g/mol. The molecule has 3 aliphatic rings. The second-order valence-electron chi connectivity index (χ2n) is 7.38. The van der Waals surface area contributed by atoms with Crippen LogP contribution in [0, 0.1) is 11.3 Å². The van der Waals surface area contributed by atoms with E-state index in [0.717, 1.165) is 12.6 Å². The van der Waals surface area contributed by atoms with Gasteiger partial charge in [0.25, 0.3) is 0 Å². The molecule has 0 bridgehead atoms. The number of carboxylic acid groups (broad SMARTS) is 1. The van der Waals surface area contributed by atoms with Crippen LogP contribution in [0.5, 0.6) is 0 Å². The smallest absolute Gasteiger partial charge is 0.434 e. The fraction of sp³-hybridized carbons (Fsp3) is 0.688. The van der Waals surface area contributed by atoms with Crippen molar-refractivity contribution in [2.75, 3.05) is 19.6 Å². The fourth-order valence-electron chi connectivity index (χ4n) is 4.19. The summed E-state index contributed by atoms with van der Waals surface area (Å²) in [5.41, 5.74) is -1.06. The van der Waals surface area contributed by atoms with Crippen molar-refractivity contribution in [1.82, 2.24) is 19.4 Å². The van der Waals surface area contributed by atoms with Crippen molar-refractivity contribution in [3.8, 4) is 0 Å². The van der Waals surface area contributed by atoms with Crippen LogP contribution in [0.2, 0.25) is 0 Å². The lowest BCUT2D eigenvalue weighted by molar-refractivity contribution is -0.141. The summed E-state index contributed by atoms with van der Waals surface area (Å²) in [6, 6.07) is 0. The van der Waals surface area contributed by atoms with Gasteiger partial charge < -0.3 is 19.5 Å². The van der Waals surface area contributed by atoms with Crippen molar-refractivity contribution in [2.24, 2.45) is 11.3 Å². The second kappa shape index (κ2) is 5.62. The predicted octanol–water partition coefficient (Wildman–Crippen LogP) is 2.02. The fourth-order valence-corrected chi connectivity index (χ4v) is 4.19. The van der Waals surface area contributed by atoms with Gasteiger partial charge in [-0.15, -0.1) is 0 Å². The van der Waals surface area contributed by atoms with E-state index in [0.29, 0.717) is 39.0 Å². The zero-order valence-corrected chi connectivity index (χ0v) is 14.0. The summed E-state index contributed by atoms with van der Waals surface area (Å²) in [6.45, 7) is 1.61. The number of amides is 2. The van der Waals surface area contributed by atoms with Crippen LogP contribution in [-0.2, 0) is 24.1 Å². The number of hydrogen-bond donors (Lipinski definition) is 1. The number of piperidine rings is 1. The maximum absolute atomic E-state index is 12.8. The number of carbonyl (C=O) groups is 2. The molecule has 0 aromatic carbocycles. The van der Waals surface area contributed by atoms with E-state index >= 15 is 0 Å². The maximum Gasteiger partial charge on any atom is 0.434 e. The first kappa shape index (κ1) is 17.2. The van der Waals surface area contributed by atoms with Crippen molar-refractivity contribution >= 4 is 12.0 Å². The van der Waals surface area contributed by atoms with E-state index < -0.39 is 18.0 Å². The number of likely N-dealkylation sites (tertiary alicyclic amines) is 1. The molecule has 2 amide bonds. The van der Waals surface area contributed by atoms with E-state index in [2.05, 4.69) is 4.98 Å². The Labute approximate surface area is 147 Å². The third-order valence-electron chi connectivity index (χ3n) is 5.92. The summed E-state index contributed by atoms with van der Waals surface area (Å²) in [5.74, 6) is 0.0611. The highest BCUT2D eigenvalue weighted by atomic mass is 19.4.